The van der Waals surface area contributed by atoms with E-state index in [0.717, 1.165) is 24.2 Å². The van der Waals surface area contributed by atoms with E-state index in [1.807, 2.05) is 13.0 Å². The molecule has 0 aliphatic carbocycles. The van der Waals surface area contributed by atoms with Crippen LogP contribution in [-0.4, -0.2) is 41.8 Å². The summed E-state index contributed by atoms with van der Waals surface area (Å²) in [5, 5.41) is 10.1. The average Bonchev–Trinajstić information content (AvgIpc) is 2.68. The highest BCUT2D eigenvalue weighted by Crippen LogP contribution is 2.28. The maximum absolute atomic E-state index is 11.4. The zero-order valence-corrected chi connectivity index (χ0v) is 11.7. The number of aryl methyl sites for hydroxylation is 1. The smallest absolute Gasteiger partial charge is 0.374 e. The van der Waals surface area contributed by atoms with E-state index in [2.05, 4.69) is 16.6 Å². The van der Waals surface area contributed by atoms with Gasteiger partial charge in [-0.05, 0) is 19.4 Å². The number of carbonyl (C=O) groups excluding carboxylic acids is 1. The number of aliphatic hydroxyl groups is 1. The monoisotopic (exact) mass is 267 g/mol. The lowest BCUT2D eigenvalue weighted by Crippen LogP contribution is -2.60. The molecule has 1 fully saturated rings. The number of carbonyl (C=O) groups is 1. The Hall–Kier alpha value is -1.33. The molecule has 0 unspecified atom stereocenters. The summed E-state index contributed by atoms with van der Waals surface area (Å²) < 4.78 is 10.2. The number of ether oxygens (including phenoxy) is 1. The van der Waals surface area contributed by atoms with Gasteiger partial charge in [0.05, 0.1) is 19.3 Å². The first-order chi connectivity index (χ1) is 8.97. The van der Waals surface area contributed by atoms with Gasteiger partial charge in [-0.1, -0.05) is 13.3 Å². The Bertz CT molecular complexity index is 460. The second kappa shape index (κ2) is 5.35. The molecule has 0 atom stereocenters. The van der Waals surface area contributed by atoms with Crippen molar-refractivity contribution in [3.8, 4) is 0 Å². The van der Waals surface area contributed by atoms with E-state index >= 15 is 0 Å². The Morgan fingerprint density at radius 1 is 1.58 bits per heavy atom. The zero-order chi connectivity index (χ0) is 14.0. The minimum atomic E-state index is -0.540. The molecule has 1 aromatic heterocycles. The predicted molar refractivity (Wildman–Crippen MR) is 69.9 cm³/mol. The summed E-state index contributed by atoms with van der Waals surface area (Å²) in [6.07, 6.45) is 1.81. The average molecular weight is 267 g/mol. The number of β-amino-alcohol motifs (C(OH)–C–C–N with tert-alkyl or cyclic N) is 1. The van der Waals surface area contributed by atoms with Crippen molar-refractivity contribution in [1.82, 2.24) is 4.90 Å². The van der Waals surface area contributed by atoms with Gasteiger partial charge >= 0.3 is 5.97 Å². The summed E-state index contributed by atoms with van der Waals surface area (Å²) >= 11 is 0. The van der Waals surface area contributed by atoms with Crippen molar-refractivity contribution in [3.05, 3.63) is 23.2 Å². The number of furan rings is 1. The largest absolute Gasteiger partial charge is 0.463 e. The van der Waals surface area contributed by atoms with E-state index < -0.39 is 11.6 Å². The topological polar surface area (TPSA) is 62.9 Å². The fourth-order valence-electron chi connectivity index (χ4n) is 2.66. The third-order valence-electron chi connectivity index (χ3n) is 3.47. The first kappa shape index (κ1) is 14.1. The molecule has 19 heavy (non-hydrogen) atoms. The van der Waals surface area contributed by atoms with Gasteiger partial charge in [0, 0.05) is 18.7 Å². The number of methoxy groups -OCH3 is 1. The van der Waals surface area contributed by atoms with Gasteiger partial charge in [0.1, 0.15) is 5.76 Å². The number of likely N-dealkylation sites (tertiary alicyclic amines) is 1. The summed E-state index contributed by atoms with van der Waals surface area (Å²) in [5.74, 6) is 0.549. The summed E-state index contributed by atoms with van der Waals surface area (Å²) in [6, 6.07) is 1.85. The highest BCUT2D eigenvalue weighted by atomic mass is 16.5. The normalized spacial score (nSPS) is 18.1. The molecule has 0 bridgehead atoms. The van der Waals surface area contributed by atoms with Gasteiger partial charge < -0.3 is 14.3 Å². The van der Waals surface area contributed by atoms with Crippen LogP contribution in [-0.2, 0) is 11.3 Å². The molecule has 0 saturated carbocycles. The molecule has 1 aliphatic rings. The van der Waals surface area contributed by atoms with Gasteiger partial charge in [-0.3, -0.25) is 4.90 Å². The molecular formula is C14H21NO4. The SMILES string of the molecule is CCCC1(O)CN(Cc2cc(C)c(C(=O)OC)o2)C1. The number of hydrogen-bond donors (Lipinski definition) is 1. The van der Waals surface area contributed by atoms with E-state index in [4.69, 9.17) is 4.42 Å². The van der Waals surface area contributed by atoms with Gasteiger partial charge in [0.25, 0.3) is 0 Å². The molecule has 5 nitrogen and oxygen atoms in total. The molecule has 2 heterocycles. The van der Waals surface area contributed by atoms with Gasteiger partial charge in [0.15, 0.2) is 0 Å². The third-order valence-corrected chi connectivity index (χ3v) is 3.47. The zero-order valence-electron chi connectivity index (χ0n) is 11.7. The molecule has 0 aromatic carbocycles. The first-order valence-corrected chi connectivity index (χ1v) is 6.60. The van der Waals surface area contributed by atoms with E-state index in [-0.39, 0.29) is 5.76 Å². The van der Waals surface area contributed by atoms with Crippen LogP contribution in [0.25, 0.3) is 0 Å². The van der Waals surface area contributed by atoms with E-state index in [9.17, 15) is 9.90 Å². The van der Waals surface area contributed by atoms with E-state index in [1.165, 1.54) is 7.11 Å². The first-order valence-electron chi connectivity index (χ1n) is 6.60. The maximum Gasteiger partial charge on any atom is 0.374 e. The molecule has 1 aliphatic heterocycles. The quantitative estimate of drug-likeness (QED) is 0.823. The van der Waals surface area contributed by atoms with Crippen LogP contribution in [0, 0.1) is 6.92 Å². The second-order valence-electron chi connectivity index (χ2n) is 5.34. The highest BCUT2D eigenvalue weighted by Gasteiger charge is 2.40. The van der Waals surface area contributed by atoms with Crippen molar-refractivity contribution in [2.24, 2.45) is 0 Å². The Morgan fingerprint density at radius 2 is 2.26 bits per heavy atom. The van der Waals surface area contributed by atoms with Crippen LogP contribution in [0.2, 0.25) is 0 Å². The lowest BCUT2D eigenvalue weighted by molar-refractivity contribution is -0.108. The predicted octanol–water partition coefficient (Wildman–Crippen LogP) is 1.72. The van der Waals surface area contributed by atoms with Crippen LogP contribution in [0.5, 0.6) is 0 Å². The van der Waals surface area contributed by atoms with Crippen molar-refractivity contribution in [2.75, 3.05) is 20.2 Å². The van der Waals surface area contributed by atoms with Gasteiger partial charge in [-0.15, -0.1) is 0 Å². The van der Waals surface area contributed by atoms with Crippen LogP contribution in [0.3, 0.4) is 0 Å². The second-order valence-corrected chi connectivity index (χ2v) is 5.34. The molecule has 0 amide bonds. The van der Waals surface area contributed by atoms with Crippen molar-refractivity contribution in [2.45, 2.75) is 38.8 Å². The summed E-state index contributed by atoms with van der Waals surface area (Å²) in [4.78, 5) is 13.5. The molecule has 1 aromatic rings. The van der Waals surface area contributed by atoms with Crippen LogP contribution in [0.15, 0.2) is 10.5 Å². The fourth-order valence-corrected chi connectivity index (χ4v) is 2.66. The van der Waals surface area contributed by atoms with Crippen molar-refractivity contribution in [1.29, 1.82) is 0 Å². The highest BCUT2D eigenvalue weighted by molar-refractivity contribution is 5.87. The number of esters is 1. The number of rotatable bonds is 5. The summed E-state index contributed by atoms with van der Waals surface area (Å²) in [6.45, 7) is 5.83. The van der Waals surface area contributed by atoms with Gasteiger partial charge in [-0.25, -0.2) is 4.79 Å². The minimum absolute atomic E-state index is 0.266. The lowest BCUT2D eigenvalue weighted by atomic mass is 9.89. The van der Waals surface area contributed by atoms with Crippen molar-refractivity contribution >= 4 is 5.97 Å². The third kappa shape index (κ3) is 2.98. The molecule has 106 valence electrons. The van der Waals surface area contributed by atoms with E-state index in [0.29, 0.717) is 19.6 Å². The molecule has 2 rings (SSSR count). The fraction of sp³-hybridized carbons (Fsp3) is 0.643. The van der Waals surface area contributed by atoms with Gasteiger partial charge in [0.2, 0.25) is 5.76 Å². The van der Waals surface area contributed by atoms with Crippen LogP contribution < -0.4 is 0 Å². The number of nitrogens with zero attached hydrogens (tertiary/aromatic N) is 1. The Morgan fingerprint density at radius 3 is 2.84 bits per heavy atom. The van der Waals surface area contributed by atoms with Crippen molar-refractivity contribution < 1.29 is 19.1 Å². The molecule has 1 saturated heterocycles. The molecule has 1 N–H and O–H groups in total. The Kier molecular flexibility index (Phi) is 3.96. The number of hydrogen-bond acceptors (Lipinski definition) is 5. The Balaban J connectivity index is 1.93. The van der Waals surface area contributed by atoms with Gasteiger partial charge in [-0.2, -0.15) is 0 Å². The minimum Gasteiger partial charge on any atom is -0.463 e. The van der Waals surface area contributed by atoms with Crippen LogP contribution in [0.4, 0.5) is 0 Å². The summed E-state index contributed by atoms with van der Waals surface area (Å²) in [5.41, 5.74) is 0.243. The Labute approximate surface area is 113 Å². The standard InChI is InChI=1S/C14H21NO4/c1-4-5-14(17)8-15(9-14)7-11-6-10(2)12(19-11)13(16)18-3/h6,17H,4-5,7-9H2,1-3H3. The van der Waals surface area contributed by atoms with Crippen LogP contribution in [0.1, 0.15) is 41.6 Å². The molecule has 0 radical (unpaired) electrons. The molecule has 0 spiro atoms. The molecule has 5 heteroatoms. The lowest BCUT2D eigenvalue weighted by Gasteiger charge is -2.46. The molecular weight excluding hydrogens is 246 g/mol. The summed E-state index contributed by atoms with van der Waals surface area (Å²) in [7, 11) is 1.34. The maximum atomic E-state index is 11.4. The van der Waals surface area contributed by atoms with Crippen LogP contribution >= 0.6 is 0 Å². The van der Waals surface area contributed by atoms with Crippen molar-refractivity contribution in [3.63, 3.8) is 0 Å². The van der Waals surface area contributed by atoms with E-state index in [1.54, 1.807) is 0 Å².